The molecule has 5 nitrogen and oxygen atoms in total. The largest absolute Gasteiger partial charge is 0.439 e. The van der Waals surface area contributed by atoms with Crippen molar-refractivity contribution in [3.63, 3.8) is 0 Å². The monoisotopic (exact) mass is 533 g/mol. The minimum absolute atomic E-state index is 0.361. The summed E-state index contributed by atoms with van der Waals surface area (Å²) in [7, 11) is 0. The fraction of sp³-hybridized carbons (Fsp3) is 0.371. The van der Waals surface area contributed by atoms with Gasteiger partial charge in [0, 0.05) is 69.2 Å². The molecule has 0 N–H and O–H groups in total. The standard InChI is InChI=1S/C35H39N3O2/c1-5-7-13-22-37-24(3)31(26-16-9-11-19-29(26)37)35(28-18-15-21-36-33(28)34(39)40-35)32-25(4)38(23-14-8-6-2)30-20-12-10-17-27(30)32/h9-12,15-21H,5-8,13-14,22-23H2,1-4H3. The van der Waals surface area contributed by atoms with Crippen LogP contribution in [0.2, 0.25) is 0 Å². The van der Waals surface area contributed by atoms with Gasteiger partial charge in [-0.2, -0.15) is 0 Å². The molecule has 4 heterocycles. The Balaban J connectivity index is 1.71. The first kappa shape index (κ1) is 26.4. The molecule has 6 rings (SSSR count). The molecule has 2 aromatic carbocycles. The molecule has 1 aliphatic rings. The average Bonchev–Trinajstić information content (AvgIpc) is 3.54. The lowest BCUT2D eigenvalue weighted by Gasteiger charge is -2.31. The summed E-state index contributed by atoms with van der Waals surface area (Å²) in [5.74, 6) is -0.361. The molecule has 0 bridgehead atoms. The summed E-state index contributed by atoms with van der Waals surface area (Å²) >= 11 is 0. The van der Waals surface area contributed by atoms with E-state index in [9.17, 15) is 4.79 Å². The topological polar surface area (TPSA) is 49.0 Å². The number of fused-ring (bicyclic) bond motifs is 3. The van der Waals surface area contributed by atoms with Gasteiger partial charge in [-0.1, -0.05) is 82.0 Å². The number of aromatic nitrogens is 3. The number of carbonyl (C=O) groups excluding carboxylic acids is 1. The Bertz CT molecular complexity index is 1610. The highest BCUT2D eigenvalue weighted by Crippen LogP contribution is 2.53. The minimum atomic E-state index is -1.10. The van der Waals surface area contributed by atoms with E-state index in [1.54, 1.807) is 6.20 Å². The molecular formula is C35H39N3O2. The van der Waals surface area contributed by atoms with Gasteiger partial charge in [0.15, 0.2) is 11.3 Å². The molecule has 0 atom stereocenters. The first-order valence-corrected chi connectivity index (χ1v) is 14.9. The van der Waals surface area contributed by atoms with Crippen molar-refractivity contribution in [1.82, 2.24) is 14.1 Å². The van der Waals surface area contributed by atoms with Crippen molar-refractivity contribution in [3.8, 4) is 0 Å². The lowest BCUT2D eigenvalue weighted by Crippen LogP contribution is -2.31. The van der Waals surface area contributed by atoms with E-state index in [0.717, 1.165) is 64.8 Å². The minimum Gasteiger partial charge on any atom is -0.439 e. The average molecular weight is 534 g/mol. The van der Waals surface area contributed by atoms with Gasteiger partial charge in [0.05, 0.1) is 0 Å². The summed E-state index contributed by atoms with van der Waals surface area (Å²) in [6.45, 7) is 10.7. The van der Waals surface area contributed by atoms with E-state index in [1.807, 2.05) is 12.1 Å². The van der Waals surface area contributed by atoms with E-state index < -0.39 is 5.60 Å². The predicted molar refractivity (Wildman–Crippen MR) is 162 cm³/mol. The molecule has 0 unspecified atom stereocenters. The van der Waals surface area contributed by atoms with Crippen molar-refractivity contribution < 1.29 is 9.53 Å². The number of cyclic esters (lactones) is 1. The summed E-state index contributed by atoms with van der Waals surface area (Å²) < 4.78 is 11.6. The van der Waals surface area contributed by atoms with Gasteiger partial charge in [-0.05, 0) is 44.9 Å². The lowest BCUT2D eigenvalue weighted by molar-refractivity contribution is 0.0253. The zero-order valence-corrected chi connectivity index (χ0v) is 24.2. The number of hydrogen-bond acceptors (Lipinski definition) is 3. The van der Waals surface area contributed by atoms with Crippen LogP contribution in [-0.2, 0) is 23.4 Å². The van der Waals surface area contributed by atoms with Crippen LogP contribution in [-0.4, -0.2) is 20.1 Å². The summed E-state index contributed by atoms with van der Waals surface area (Å²) in [5.41, 5.74) is 6.91. The quantitative estimate of drug-likeness (QED) is 0.134. The highest BCUT2D eigenvalue weighted by molar-refractivity contribution is 6.00. The molecule has 0 spiro atoms. The number of esters is 1. The van der Waals surface area contributed by atoms with Gasteiger partial charge in [0.2, 0.25) is 0 Å². The second-order valence-electron chi connectivity index (χ2n) is 11.1. The molecule has 40 heavy (non-hydrogen) atoms. The van der Waals surface area contributed by atoms with E-state index in [4.69, 9.17) is 4.74 Å². The molecule has 1 aliphatic heterocycles. The van der Waals surface area contributed by atoms with Gasteiger partial charge in [-0.15, -0.1) is 0 Å². The number of hydrogen-bond donors (Lipinski definition) is 0. The van der Waals surface area contributed by atoms with Crippen molar-refractivity contribution in [2.45, 2.75) is 84.9 Å². The highest BCUT2D eigenvalue weighted by Gasteiger charge is 2.54. The maximum atomic E-state index is 13.7. The number of para-hydroxylation sites is 2. The predicted octanol–water partition coefficient (Wildman–Crippen LogP) is 8.45. The number of ether oxygens (including phenoxy) is 1. The molecule has 0 radical (unpaired) electrons. The Morgan fingerprint density at radius 1 is 0.725 bits per heavy atom. The Morgan fingerprint density at radius 3 is 1.77 bits per heavy atom. The van der Waals surface area contributed by atoms with Gasteiger partial charge in [-0.3, -0.25) is 0 Å². The smallest absolute Gasteiger partial charge is 0.358 e. The van der Waals surface area contributed by atoms with Crippen LogP contribution >= 0.6 is 0 Å². The highest BCUT2D eigenvalue weighted by atomic mass is 16.6. The van der Waals surface area contributed by atoms with Crippen LogP contribution in [0, 0.1) is 13.8 Å². The number of rotatable bonds is 10. The number of benzene rings is 2. The van der Waals surface area contributed by atoms with Crippen LogP contribution in [0.3, 0.4) is 0 Å². The zero-order valence-electron chi connectivity index (χ0n) is 24.2. The third-order valence-electron chi connectivity index (χ3n) is 8.76. The lowest BCUT2D eigenvalue weighted by atomic mass is 9.78. The molecular weight excluding hydrogens is 494 g/mol. The molecule has 3 aromatic heterocycles. The number of unbranched alkanes of at least 4 members (excludes halogenated alkanes) is 4. The number of nitrogens with zero attached hydrogens (tertiary/aromatic N) is 3. The fourth-order valence-corrected chi connectivity index (χ4v) is 6.96. The van der Waals surface area contributed by atoms with E-state index >= 15 is 0 Å². The Labute approximate surface area is 236 Å². The normalized spacial score (nSPS) is 14.2. The molecule has 5 aromatic rings. The molecule has 0 saturated carbocycles. The molecule has 0 saturated heterocycles. The molecule has 206 valence electrons. The first-order valence-electron chi connectivity index (χ1n) is 14.9. The fourth-order valence-electron chi connectivity index (χ4n) is 6.96. The van der Waals surface area contributed by atoms with Crippen LogP contribution in [0.1, 0.15) is 90.9 Å². The van der Waals surface area contributed by atoms with Crippen LogP contribution in [0.4, 0.5) is 0 Å². The van der Waals surface area contributed by atoms with Crippen molar-refractivity contribution in [1.29, 1.82) is 0 Å². The maximum Gasteiger partial charge on any atom is 0.358 e. The maximum absolute atomic E-state index is 13.7. The first-order chi connectivity index (χ1) is 19.5. The van der Waals surface area contributed by atoms with Crippen LogP contribution < -0.4 is 0 Å². The zero-order chi connectivity index (χ0) is 27.9. The van der Waals surface area contributed by atoms with Gasteiger partial charge in [-0.25, -0.2) is 9.78 Å². The summed E-state index contributed by atoms with van der Waals surface area (Å²) in [5, 5.41) is 2.26. The Morgan fingerprint density at radius 2 is 1.25 bits per heavy atom. The summed E-state index contributed by atoms with van der Waals surface area (Å²) in [6, 6.07) is 21.2. The van der Waals surface area contributed by atoms with Crippen molar-refractivity contribution >= 4 is 27.8 Å². The Kier molecular flexibility index (Phi) is 6.99. The van der Waals surface area contributed by atoms with Crippen LogP contribution in [0.5, 0.6) is 0 Å². The summed E-state index contributed by atoms with van der Waals surface area (Å²) in [4.78, 5) is 18.2. The summed E-state index contributed by atoms with van der Waals surface area (Å²) in [6.07, 6.45) is 8.60. The van der Waals surface area contributed by atoms with Gasteiger partial charge in [0.1, 0.15) is 0 Å². The van der Waals surface area contributed by atoms with Gasteiger partial charge in [0.25, 0.3) is 0 Å². The molecule has 5 heteroatoms. The van der Waals surface area contributed by atoms with Crippen molar-refractivity contribution in [2.24, 2.45) is 0 Å². The van der Waals surface area contributed by atoms with E-state index in [-0.39, 0.29) is 5.97 Å². The van der Waals surface area contributed by atoms with Crippen molar-refractivity contribution in [3.05, 3.63) is 101 Å². The third kappa shape index (κ3) is 3.89. The van der Waals surface area contributed by atoms with Gasteiger partial charge < -0.3 is 13.9 Å². The van der Waals surface area contributed by atoms with E-state index in [1.165, 1.54) is 36.7 Å². The number of carbonyl (C=O) groups is 1. The van der Waals surface area contributed by atoms with E-state index in [0.29, 0.717) is 5.69 Å². The molecule has 0 fully saturated rings. The van der Waals surface area contributed by atoms with Gasteiger partial charge >= 0.3 is 5.97 Å². The van der Waals surface area contributed by atoms with Crippen LogP contribution in [0.25, 0.3) is 21.8 Å². The second-order valence-corrected chi connectivity index (χ2v) is 11.1. The number of pyridine rings is 1. The Hall–Kier alpha value is -3.86. The SMILES string of the molecule is CCCCCn1c(C)c(C2(c3c(C)n(CCCCC)c4ccccc34)OC(=O)c3ncccc32)c2ccccc21. The third-order valence-corrected chi connectivity index (χ3v) is 8.76. The number of aryl methyl sites for hydroxylation is 2. The molecule has 0 aliphatic carbocycles. The second kappa shape index (κ2) is 10.6. The van der Waals surface area contributed by atoms with Crippen LogP contribution in [0.15, 0.2) is 66.9 Å². The van der Waals surface area contributed by atoms with E-state index in [2.05, 4.69) is 90.3 Å². The molecule has 0 amide bonds. The van der Waals surface area contributed by atoms with Crippen molar-refractivity contribution in [2.75, 3.05) is 0 Å².